The molecule has 0 aliphatic heterocycles. The van der Waals surface area contributed by atoms with E-state index < -0.39 is 11.9 Å². The Kier molecular flexibility index (Phi) is 3.68. The molecule has 2 heterocycles. The van der Waals surface area contributed by atoms with Crippen LogP contribution < -0.4 is 0 Å². The first kappa shape index (κ1) is 13.7. The molecule has 2 aromatic heterocycles. The molecule has 2 atom stereocenters. The van der Waals surface area contributed by atoms with Gasteiger partial charge in [0.05, 0.1) is 11.8 Å². The fourth-order valence-electron chi connectivity index (χ4n) is 2.92. The Morgan fingerprint density at radius 3 is 2.95 bits per heavy atom. The van der Waals surface area contributed by atoms with E-state index in [-0.39, 0.29) is 5.92 Å². The van der Waals surface area contributed by atoms with Crippen molar-refractivity contribution in [1.29, 1.82) is 0 Å². The lowest BCUT2D eigenvalue weighted by molar-refractivity contribution is -0.143. The molecule has 1 saturated carbocycles. The summed E-state index contributed by atoms with van der Waals surface area (Å²) in [5.41, 5.74) is 1.64. The van der Waals surface area contributed by atoms with Gasteiger partial charge in [-0.05, 0) is 31.4 Å². The maximum atomic E-state index is 11.4. The molecule has 1 N–H and O–H groups in total. The third-order valence-electron chi connectivity index (χ3n) is 4.06. The Balaban J connectivity index is 1.91. The number of aryl methyl sites for hydroxylation is 1. The Morgan fingerprint density at radius 2 is 2.19 bits per heavy atom. The second-order valence-corrected chi connectivity index (χ2v) is 5.46. The number of aliphatic carboxylic acids is 1. The van der Waals surface area contributed by atoms with Gasteiger partial charge in [0.25, 0.3) is 0 Å². The first-order valence-corrected chi connectivity index (χ1v) is 7.15. The van der Waals surface area contributed by atoms with Crippen LogP contribution in [0.1, 0.15) is 43.1 Å². The third-order valence-corrected chi connectivity index (χ3v) is 4.06. The predicted molar refractivity (Wildman–Crippen MR) is 74.6 cm³/mol. The largest absolute Gasteiger partial charge is 0.481 e. The molecule has 110 valence electrons. The molecule has 2 aromatic rings. The van der Waals surface area contributed by atoms with Gasteiger partial charge in [-0.15, -0.1) is 0 Å². The van der Waals surface area contributed by atoms with Crippen LogP contribution in [0.25, 0.3) is 11.5 Å². The average molecular weight is 287 g/mol. The molecule has 0 aromatic carbocycles. The van der Waals surface area contributed by atoms with E-state index in [9.17, 15) is 9.90 Å². The number of hydrogen-bond donors (Lipinski definition) is 1. The second-order valence-electron chi connectivity index (χ2n) is 5.46. The van der Waals surface area contributed by atoms with Gasteiger partial charge < -0.3 is 9.63 Å². The Morgan fingerprint density at radius 1 is 1.38 bits per heavy atom. The van der Waals surface area contributed by atoms with Crippen LogP contribution in [0.2, 0.25) is 0 Å². The van der Waals surface area contributed by atoms with E-state index >= 15 is 0 Å². The number of carboxylic acid groups (broad SMARTS) is 1. The van der Waals surface area contributed by atoms with Crippen molar-refractivity contribution in [3.05, 3.63) is 29.8 Å². The summed E-state index contributed by atoms with van der Waals surface area (Å²) in [5, 5.41) is 13.3. The summed E-state index contributed by atoms with van der Waals surface area (Å²) in [6.45, 7) is 1.93. The molecule has 1 fully saturated rings. The predicted octanol–water partition coefficient (Wildman–Crippen LogP) is 2.80. The molecule has 1 aliphatic rings. The number of aromatic nitrogens is 3. The number of pyridine rings is 1. The minimum Gasteiger partial charge on any atom is -0.481 e. The SMILES string of the molecule is Cc1cccnc1-c1noc(C2CCCCC2C(=O)O)n1. The van der Waals surface area contributed by atoms with Gasteiger partial charge in [0.15, 0.2) is 0 Å². The van der Waals surface area contributed by atoms with Gasteiger partial charge in [-0.1, -0.05) is 24.1 Å². The molecule has 6 heteroatoms. The Hall–Kier alpha value is -2.24. The smallest absolute Gasteiger partial charge is 0.307 e. The van der Waals surface area contributed by atoms with Crippen molar-refractivity contribution >= 4 is 5.97 Å². The van der Waals surface area contributed by atoms with E-state index in [1.165, 1.54) is 0 Å². The van der Waals surface area contributed by atoms with E-state index in [4.69, 9.17) is 4.52 Å². The number of rotatable bonds is 3. The molecule has 0 spiro atoms. The van der Waals surface area contributed by atoms with Crippen molar-refractivity contribution in [2.24, 2.45) is 5.92 Å². The molecule has 0 bridgehead atoms. The zero-order valence-corrected chi connectivity index (χ0v) is 11.8. The highest BCUT2D eigenvalue weighted by molar-refractivity contribution is 5.71. The van der Waals surface area contributed by atoms with Gasteiger partial charge in [0.2, 0.25) is 11.7 Å². The number of carboxylic acids is 1. The van der Waals surface area contributed by atoms with Gasteiger partial charge in [-0.25, -0.2) is 0 Å². The minimum absolute atomic E-state index is 0.193. The summed E-state index contributed by atoms with van der Waals surface area (Å²) in [4.78, 5) is 20.0. The highest BCUT2D eigenvalue weighted by atomic mass is 16.5. The van der Waals surface area contributed by atoms with Crippen molar-refractivity contribution in [3.8, 4) is 11.5 Å². The molecule has 2 unspecified atom stereocenters. The van der Waals surface area contributed by atoms with Crippen molar-refractivity contribution in [1.82, 2.24) is 15.1 Å². The maximum absolute atomic E-state index is 11.4. The van der Waals surface area contributed by atoms with Crippen LogP contribution in [0.5, 0.6) is 0 Å². The monoisotopic (exact) mass is 287 g/mol. The van der Waals surface area contributed by atoms with Crippen molar-refractivity contribution < 1.29 is 14.4 Å². The van der Waals surface area contributed by atoms with Crippen LogP contribution in [0.15, 0.2) is 22.9 Å². The highest BCUT2D eigenvalue weighted by Crippen LogP contribution is 2.37. The van der Waals surface area contributed by atoms with Crippen LogP contribution in [0.4, 0.5) is 0 Å². The number of carbonyl (C=O) groups is 1. The molecule has 1 aliphatic carbocycles. The summed E-state index contributed by atoms with van der Waals surface area (Å²) in [5.74, 6) is -0.563. The standard InChI is InChI=1S/C15H17N3O3/c1-9-5-4-8-16-12(9)13-17-14(21-18-13)10-6-2-3-7-11(10)15(19)20/h4-5,8,10-11H,2-3,6-7H2,1H3,(H,19,20). The number of hydrogen-bond acceptors (Lipinski definition) is 5. The quantitative estimate of drug-likeness (QED) is 0.933. The summed E-state index contributed by atoms with van der Waals surface area (Å²) in [7, 11) is 0. The van der Waals surface area contributed by atoms with Crippen LogP contribution >= 0.6 is 0 Å². The Bertz CT molecular complexity index is 653. The lowest BCUT2D eigenvalue weighted by atomic mass is 9.79. The molecular formula is C15H17N3O3. The third kappa shape index (κ3) is 2.66. The van der Waals surface area contributed by atoms with Crippen LogP contribution in [-0.2, 0) is 4.79 Å². The van der Waals surface area contributed by atoms with Gasteiger partial charge >= 0.3 is 5.97 Å². The first-order valence-electron chi connectivity index (χ1n) is 7.15. The van der Waals surface area contributed by atoms with E-state index in [0.717, 1.165) is 24.8 Å². The van der Waals surface area contributed by atoms with Gasteiger partial charge in [-0.3, -0.25) is 9.78 Å². The second kappa shape index (κ2) is 5.63. The van der Waals surface area contributed by atoms with Crippen LogP contribution in [0, 0.1) is 12.8 Å². The summed E-state index contributed by atoms with van der Waals surface area (Å²) in [6, 6.07) is 3.78. The van der Waals surface area contributed by atoms with Crippen molar-refractivity contribution in [3.63, 3.8) is 0 Å². The first-order chi connectivity index (χ1) is 10.2. The lowest BCUT2D eigenvalue weighted by Gasteiger charge is -2.25. The van der Waals surface area contributed by atoms with E-state index in [1.807, 2.05) is 19.1 Å². The van der Waals surface area contributed by atoms with E-state index in [0.29, 0.717) is 23.8 Å². The topological polar surface area (TPSA) is 89.1 Å². The molecule has 21 heavy (non-hydrogen) atoms. The Labute approximate surface area is 122 Å². The van der Waals surface area contributed by atoms with Gasteiger partial charge in [0, 0.05) is 6.20 Å². The lowest BCUT2D eigenvalue weighted by Crippen LogP contribution is -2.25. The molecule has 6 nitrogen and oxygen atoms in total. The minimum atomic E-state index is -0.784. The zero-order chi connectivity index (χ0) is 14.8. The van der Waals surface area contributed by atoms with Crippen LogP contribution in [-0.4, -0.2) is 26.2 Å². The van der Waals surface area contributed by atoms with Gasteiger partial charge in [0.1, 0.15) is 5.69 Å². The number of nitrogens with zero attached hydrogens (tertiary/aromatic N) is 3. The van der Waals surface area contributed by atoms with Crippen molar-refractivity contribution in [2.45, 2.75) is 38.5 Å². The molecular weight excluding hydrogens is 270 g/mol. The molecule has 0 radical (unpaired) electrons. The van der Waals surface area contributed by atoms with Crippen LogP contribution in [0.3, 0.4) is 0 Å². The summed E-state index contributed by atoms with van der Waals surface area (Å²) in [6.07, 6.45) is 5.06. The van der Waals surface area contributed by atoms with Gasteiger partial charge in [-0.2, -0.15) is 4.98 Å². The average Bonchev–Trinajstić information content (AvgIpc) is 2.97. The maximum Gasteiger partial charge on any atom is 0.307 e. The fourth-order valence-corrected chi connectivity index (χ4v) is 2.92. The molecule has 3 rings (SSSR count). The molecule has 0 saturated heterocycles. The van der Waals surface area contributed by atoms with Crippen molar-refractivity contribution in [2.75, 3.05) is 0 Å². The normalized spacial score (nSPS) is 22.1. The fraction of sp³-hybridized carbons (Fsp3) is 0.467. The zero-order valence-electron chi connectivity index (χ0n) is 11.8. The summed E-state index contributed by atoms with van der Waals surface area (Å²) < 4.78 is 5.33. The highest BCUT2D eigenvalue weighted by Gasteiger charge is 2.35. The van der Waals surface area contributed by atoms with E-state index in [2.05, 4.69) is 15.1 Å². The summed E-state index contributed by atoms with van der Waals surface area (Å²) >= 11 is 0. The molecule has 0 amide bonds. The van der Waals surface area contributed by atoms with E-state index in [1.54, 1.807) is 6.20 Å².